The van der Waals surface area contributed by atoms with E-state index in [0.29, 0.717) is 5.56 Å². The molecule has 0 amide bonds. The minimum Gasteiger partial charge on any atom is -0.494 e. The van der Waals surface area contributed by atoms with Crippen molar-refractivity contribution in [3.05, 3.63) is 29.8 Å². The molecule has 0 radical (unpaired) electrons. The summed E-state index contributed by atoms with van der Waals surface area (Å²) in [6.07, 6.45) is 3.03. The van der Waals surface area contributed by atoms with Crippen molar-refractivity contribution in [1.29, 1.82) is 0 Å². The summed E-state index contributed by atoms with van der Waals surface area (Å²) in [7, 11) is 0. The molecule has 0 bridgehead atoms. The second kappa shape index (κ2) is 9.75. The predicted molar refractivity (Wildman–Crippen MR) is 81.1 cm³/mol. The van der Waals surface area contributed by atoms with Crippen molar-refractivity contribution in [2.24, 2.45) is 0 Å². The van der Waals surface area contributed by atoms with Gasteiger partial charge in [0.2, 0.25) is 0 Å². The monoisotopic (exact) mass is 299 g/mol. The second-order valence-electron chi connectivity index (χ2n) is 4.70. The highest BCUT2D eigenvalue weighted by Gasteiger charge is 2.08. The Kier molecular flexibility index (Phi) is 8.26. The van der Waals surface area contributed by atoms with Gasteiger partial charge in [0.25, 0.3) is 0 Å². The number of hydrogen-bond acceptors (Lipinski definition) is 4. The first-order chi connectivity index (χ1) is 9.38. The van der Waals surface area contributed by atoms with Gasteiger partial charge in [-0.25, -0.2) is 0 Å². The Hall–Kier alpha value is -1.10. The maximum atomic E-state index is 10.5. The highest BCUT2D eigenvalue weighted by atomic mass is 35.5. The molecule has 0 atom stereocenters. The molecule has 0 spiro atoms. The lowest BCUT2D eigenvalue weighted by Crippen LogP contribution is -2.36. The molecule has 0 unspecified atom stereocenters. The van der Waals surface area contributed by atoms with E-state index in [1.54, 1.807) is 12.1 Å². The van der Waals surface area contributed by atoms with Crippen LogP contribution in [-0.2, 0) is 4.74 Å². The number of benzene rings is 1. The van der Waals surface area contributed by atoms with Gasteiger partial charge in [-0.15, -0.1) is 12.4 Å². The summed E-state index contributed by atoms with van der Waals surface area (Å²) in [5.41, 5.74) is 0.680. The van der Waals surface area contributed by atoms with E-state index in [9.17, 15) is 4.79 Å². The standard InChI is InChI=1S/C15H21NO3.ClH/c17-13-14-3-5-15(6-4-14)19-10-2-1-7-16-8-11-18-12-9-16;/h3-6,13H,1-2,7-12H2;1H. The van der Waals surface area contributed by atoms with Crippen LogP contribution in [0, 0.1) is 0 Å². The molecule has 4 nitrogen and oxygen atoms in total. The quantitative estimate of drug-likeness (QED) is 0.572. The molecule has 0 aliphatic carbocycles. The number of halogens is 1. The van der Waals surface area contributed by atoms with Gasteiger partial charge in [-0.1, -0.05) is 0 Å². The number of nitrogens with zero attached hydrogens (tertiary/aromatic N) is 1. The second-order valence-corrected chi connectivity index (χ2v) is 4.70. The van der Waals surface area contributed by atoms with Gasteiger partial charge in [0.15, 0.2) is 0 Å². The summed E-state index contributed by atoms with van der Waals surface area (Å²) in [4.78, 5) is 12.9. The number of aldehydes is 1. The van der Waals surface area contributed by atoms with Crippen molar-refractivity contribution in [2.75, 3.05) is 39.5 Å². The van der Waals surface area contributed by atoms with Crippen molar-refractivity contribution in [3.8, 4) is 5.75 Å². The summed E-state index contributed by atoms with van der Waals surface area (Å²) in [5.74, 6) is 0.831. The predicted octanol–water partition coefficient (Wildman–Crippen LogP) is 2.41. The summed E-state index contributed by atoms with van der Waals surface area (Å²) in [5, 5.41) is 0. The highest BCUT2D eigenvalue weighted by Crippen LogP contribution is 2.11. The van der Waals surface area contributed by atoms with Crippen LogP contribution in [0.3, 0.4) is 0 Å². The zero-order valence-corrected chi connectivity index (χ0v) is 12.4. The van der Waals surface area contributed by atoms with Crippen LogP contribution in [0.1, 0.15) is 23.2 Å². The number of carbonyl (C=O) groups is 1. The molecule has 0 saturated carbocycles. The fourth-order valence-electron chi connectivity index (χ4n) is 2.09. The molecule has 0 aromatic heterocycles. The van der Waals surface area contributed by atoms with Gasteiger partial charge in [-0.3, -0.25) is 9.69 Å². The van der Waals surface area contributed by atoms with Crippen LogP contribution < -0.4 is 4.74 Å². The van der Waals surface area contributed by atoms with Crippen LogP contribution in [0.4, 0.5) is 0 Å². The number of rotatable bonds is 7. The molecule has 1 aromatic rings. The van der Waals surface area contributed by atoms with Crippen LogP contribution >= 0.6 is 12.4 Å². The maximum Gasteiger partial charge on any atom is 0.150 e. The van der Waals surface area contributed by atoms with Gasteiger partial charge in [-0.2, -0.15) is 0 Å². The Morgan fingerprint density at radius 3 is 2.50 bits per heavy atom. The molecule has 1 saturated heterocycles. The number of unbranched alkanes of at least 4 members (excludes halogenated alkanes) is 1. The number of ether oxygens (including phenoxy) is 2. The molecule has 1 aromatic carbocycles. The average molecular weight is 300 g/mol. The molecular weight excluding hydrogens is 278 g/mol. The van der Waals surface area contributed by atoms with E-state index >= 15 is 0 Å². The Bertz CT molecular complexity index is 377. The summed E-state index contributed by atoms with van der Waals surface area (Å²) >= 11 is 0. The molecule has 1 aliphatic heterocycles. The molecule has 1 fully saturated rings. The van der Waals surface area contributed by atoms with Gasteiger partial charge in [-0.05, 0) is 43.7 Å². The maximum absolute atomic E-state index is 10.5. The van der Waals surface area contributed by atoms with Gasteiger partial charge < -0.3 is 9.47 Å². The summed E-state index contributed by atoms with van der Waals surface area (Å²) < 4.78 is 10.9. The first kappa shape index (κ1) is 17.0. The molecule has 0 N–H and O–H groups in total. The minimum absolute atomic E-state index is 0. The fraction of sp³-hybridized carbons (Fsp3) is 0.533. The SMILES string of the molecule is Cl.O=Cc1ccc(OCCCCN2CCOCC2)cc1. The third-order valence-electron chi connectivity index (χ3n) is 3.26. The van der Waals surface area contributed by atoms with Gasteiger partial charge in [0.05, 0.1) is 19.8 Å². The normalized spacial score (nSPS) is 15.4. The van der Waals surface area contributed by atoms with Gasteiger partial charge in [0.1, 0.15) is 12.0 Å². The van der Waals surface area contributed by atoms with E-state index in [1.807, 2.05) is 12.1 Å². The van der Waals surface area contributed by atoms with Crippen molar-refractivity contribution in [3.63, 3.8) is 0 Å². The van der Waals surface area contributed by atoms with Crippen LogP contribution in [-0.4, -0.2) is 50.6 Å². The van der Waals surface area contributed by atoms with E-state index in [-0.39, 0.29) is 12.4 Å². The molecule has 20 heavy (non-hydrogen) atoms. The number of morpholine rings is 1. The van der Waals surface area contributed by atoms with E-state index in [0.717, 1.165) is 64.3 Å². The van der Waals surface area contributed by atoms with Gasteiger partial charge >= 0.3 is 0 Å². The fourth-order valence-corrected chi connectivity index (χ4v) is 2.09. The smallest absolute Gasteiger partial charge is 0.150 e. The van der Waals surface area contributed by atoms with E-state index < -0.39 is 0 Å². The van der Waals surface area contributed by atoms with Crippen LogP contribution in [0.25, 0.3) is 0 Å². The Balaban J connectivity index is 0.00000200. The average Bonchev–Trinajstić information content (AvgIpc) is 2.49. The number of carbonyl (C=O) groups excluding carboxylic acids is 1. The molecule has 1 aliphatic rings. The Morgan fingerprint density at radius 2 is 1.85 bits per heavy atom. The lowest BCUT2D eigenvalue weighted by Gasteiger charge is -2.26. The Morgan fingerprint density at radius 1 is 1.15 bits per heavy atom. The first-order valence-corrected chi connectivity index (χ1v) is 6.86. The topological polar surface area (TPSA) is 38.8 Å². The van der Waals surface area contributed by atoms with E-state index in [2.05, 4.69) is 4.90 Å². The van der Waals surface area contributed by atoms with Crippen molar-refractivity contribution in [1.82, 2.24) is 4.90 Å². The zero-order valence-electron chi connectivity index (χ0n) is 11.6. The van der Waals surface area contributed by atoms with Crippen LogP contribution in [0.15, 0.2) is 24.3 Å². The van der Waals surface area contributed by atoms with Crippen molar-refractivity contribution >= 4 is 18.7 Å². The summed E-state index contributed by atoms with van der Waals surface area (Å²) in [6, 6.07) is 7.23. The van der Waals surface area contributed by atoms with E-state index in [4.69, 9.17) is 9.47 Å². The molecule has 1 heterocycles. The largest absolute Gasteiger partial charge is 0.494 e. The van der Waals surface area contributed by atoms with Gasteiger partial charge in [0, 0.05) is 18.7 Å². The molecule has 2 rings (SSSR count). The molecule has 5 heteroatoms. The van der Waals surface area contributed by atoms with Crippen LogP contribution in [0.5, 0.6) is 5.75 Å². The summed E-state index contributed by atoms with van der Waals surface area (Å²) in [6.45, 7) is 5.67. The highest BCUT2D eigenvalue weighted by molar-refractivity contribution is 5.85. The van der Waals surface area contributed by atoms with Crippen LogP contribution in [0.2, 0.25) is 0 Å². The Labute approximate surface area is 126 Å². The van der Waals surface area contributed by atoms with Crippen molar-refractivity contribution in [2.45, 2.75) is 12.8 Å². The van der Waals surface area contributed by atoms with Crippen molar-refractivity contribution < 1.29 is 14.3 Å². The number of hydrogen-bond donors (Lipinski definition) is 0. The zero-order chi connectivity index (χ0) is 13.3. The molecule has 112 valence electrons. The molecular formula is C15H22ClNO3. The van der Waals surface area contributed by atoms with E-state index in [1.165, 1.54) is 0 Å². The minimum atomic E-state index is 0. The third kappa shape index (κ3) is 5.90. The lowest BCUT2D eigenvalue weighted by molar-refractivity contribution is 0.0368. The third-order valence-corrected chi connectivity index (χ3v) is 3.26. The first-order valence-electron chi connectivity index (χ1n) is 6.86. The lowest BCUT2D eigenvalue weighted by atomic mass is 10.2.